The molecule has 2 fully saturated rings. The van der Waals surface area contributed by atoms with E-state index in [1.165, 1.54) is 13.2 Å². The molecule has 1 aromatic carbocycles. The Morgan fingerprint density at radius 1 is 1.19 bits per heavy atom. The highest BCUT2D eigenvalue weighted by Gasteiger charge is 2.33. The summed E-state index contributed by atoms with van der Waals surface area (Å²) in [6.45, 7) is 3.81. The molecule has 1 atom stereocenters. The second-order valence-electron chi connectivity index (χ2n) is 7.10. The van der Waals surface area contributed by atoms with Crippen molar-refractivity contribution < 1.29 is 23.1 Å². The summed E-state index contributed by atoms with van der Waals surface area (Å²) in [4.78, 5) is 28.1. The van der Waals surface area contributed by atoms with Crippen molar-refractivity contribution in [2.75, 3.05) is 38.2 Å². The molecule has 7 heteroatoms. The van der Waals surface area contributed by atoms with Crippen molar-refractivity contribution in [3.05, 3.63) is 23.8 Å². The number of hydrogen-bond acceptors (Lipinski definition) is 4. The minimum absolute atomic E-state index is 0.0125. The van der Waals surface area contributed by atoms with Crippen LogP contribution in [0, 0.1) is 23.5 Å². The maximum Gasteiger partial charge on any atom is 0.225 e. The van der Waals surface area contributed by atoms with Crippen LogP contribution >= 0.6 is 0 Å². The molecule has 1 saturated heterocycles. The van der Waals surface area contributed by atoms with Gasteiger partial charge < -0.3 is 14.5 Å². The number of rotatable bonds is 6. The second-order valence-corrected chi connectivity index (χ2v) is 7.10. The zero-order valence-electron chi connectivity index (χ0n) is 15.1. The van der Waals surface area contributed by atoms with Crippen LogP contribution in [-0.2, 0) is 9.59 Å². The Morgan fingerprint density at radius 2 is 1.85 bits per heavy atom. The number of ketones is 1. The molecule has 0 radical (unpaired) electrons. The van der Waals surface area contributed by atoms with Gasteiger partial charge in [-0.3, -0.25) is 9.59 Å². The molecule has 26 heavy (non-hydrogen) atoms. The Balaban J connectivity index is 1.57. The highest BCUT2D eigenvalue weighted by atomic mass is 19.2. The molecule has 142 valence electrons. The molecule has 1 aliphatic carbocycles. The predicted molar refractivity (Wildman–Crippen MR) is 93.2 cm³/mol. The van der Waals surface area contributed by atoms with Gasteiger partial charge >= 0.3 is 0 Å². The summed E-state index contributed by atoms with van der Waals surface area (Å²) in [5, 5.41) is 0. The van der Waals surface area contributed by atoms with Gasteiger partial charge in [0.2, 0.25) is 11.7 Å². The summed E-state index contributed by atoms with van der Waals surface area (Å²) >= 11 is 0. The lowest BCUT2D eigenvalue weighted by Gasteiger charge is -2.37. The van der Waals surface area contributed by atoms with Gasteiger partial charge in [0, 0.05) is 62.3 Å². The van der Waals surface area contributed by atoms with Gasteiger partial charge in [0.15, 0.2) is 11.6 Å². The molecule has 5 nitrogen and oxygen atoms in total. The molecule has 1 amide bonds. The monoisotopic (exact) mass is 366 g/mol. The number of ether oxygens (including phenoxy) is 1. The summed E-state index contributed by atoms with van der Waals surface area (Å²) in [6, 6.07) is 2.61. The van der Waals surface area contributed by atoms with Crippen LogP contribution in [0.15, 0.2) is 12.1 Å². The number of hydrogen-bond donors (Lipinski definition) is 0. The number of anilines is 1. The maximum atomic E-state index is 13.7. The zero-order valence-corrected chi connectivity index (χ0v) is 15.1. The van der Waals surface area contributed by atoms with Crippen LogP contribution in [0.3, 0.4) is 0 Å². The largest absolute Gasteiger partial charge is 0.493 e. The van der Waals surface area contributed by atoms with Crippen LogP contribution in [-0.4, -0.2) is 49.9 Å². The first-order valence-electron chi connectivity index (χ1n) is 9.00. The fraction of sp³-hybridized carbons (Fsp3) is 0.579. The standard InChI is InChI=1S/C19H24F2N2O3/c1-12(9-16(24)13-3-4-13)19(25)23-7-5-22(6-8-23)14-10-15(20)18(21)17(11-14)26-2/h10-13H,3-9H2,1-2H3. The Hall–Kier alpha value is -2.18. The van der Waals surface area contributed by atoms with Gasteiger partial charge in [0.05, 0.1) is 7.11 Å². The highest BCUT2D eigenvalue weighted by molar-refractivity contribution is 5.89. The minimum Gasteiger partial charge on any atom is -0.493 e. The fourth-order valence-corrected chi connectivity index (χ4v) is 3.34. The summed E-state index contributed by atoms with van der Waals surface area (Å²) < 4.78 is 32.1. The molecule has 0 spiro atoms. The minimum atomic E-state index is -1.00. The molecule has 1 aromatic rings. The van der Waals surface area contributed by atoms with E-state index in [1.807, 2.05) is 4.90 Å². The summed E-state index contributed by atoms with van der Waals surface area (Å²) in [5.74, 6) is -2.04. The van der Waals surface area contributed by atoms with Crippen molar-refractivity contribution >= 4 is 17.4 Å². The van der Waals surface area contributed by atoms with E-state index in [2.05, 4.69) is 0 Å². The van der Waals surface area contributed by atoms with Gasteiger partial charge in [-0.1, -0.05) is 6.92 Å². The van der Waals surface area contributed by atoms with Crippen molar-refractivity contribution in [3.63, 3.8) is 0 Å². The summed E-state index contributed by atoms with van der Waals surface area (Å²) in [7, 11) is 1.29. The molecular formula is C19H24F2N2O3. The number of piperazine rings is 1. The summed E-state index contributed by atoms with van der Waals surface area (Å²) in [5.41, 5.74) is 0.532. The number of halogens is 2. The van der Waals surface area contributed by atoms with Gasteiger partial charge in [-0.15, -0.1) is 0 Å². The Morgan fingerprint density at radius 3 is 2.42 bits per heavy atom. The first-order valence-corrected chi connectivity index (χ1v) is 9.00. The van der Waals surface area contributed by atoms with E-state index in [4.69, 9.17) is 4.74 Å². The van der Waals surface area contributed by atoms with E-state index in [0.29, 0.717) is 38.3 Å². The number of benzene rings is 1. The van der Waals surface area contributed by atoms with E-state index in [-0.39, 0.29) is 29.3 Å². The second kappa shape index (κ2) is 7.60. The average Bonchev–Trinajstić information content (AvgIpc) is 3.48. The summed E-state index contributed by atoms with van der Waals surface area (Å²) in [6.07, 6.45) is 2.22. The number of amides is 1. The van der Waals surface area contributed by atoms with Crippen molar-refractivity contribution in [1.29, 1.82) is 0 Å². The molecule has 0 N–H and O–H groups in total. The Labute approximate surface area is 151 Å². The van der Waals surface area contributed by atoms with Gasteiger partial charge in [-0.2, -0.15) is 4.39 Å². The number of carbonyl (C=O) groups is 2. The third-order valence-corrected chi connectivity index (χ3v) is 5.12. The molecule has 0 aromatic heterocycles. The van der Waals surface area contributed by atoms with Gasteiger partial charge in [0.1, 0.15) is 5.78 Å². The van der Waals surface area contributed by atoms with Crippen LogP contribution in [0.1, 0.15) is 26.2 Å². The van der Waals surface area contributed by atoms with Gasteiger partial charge in [-0.25, -0.2) is 4.39 Å². The third-order valence-electron chi connectivity index (χ3n) is 5.12. The van der Waals surface area contributed by atoms with E-state index >= 15 is 0 Å². The van der Waals surface area contributed by atoms with Gasteiger partial charge in [-0.05, 0) is 12.8 Å². The number of Topliss-reactive ketones (excluding diaryl/α,β-unsaturated/α-hetero) is 1. The number of nitrogens with zero attached hydrogens (tertiary/aromatic N) is 2. The molecule has 1 saturated carbocycles. The lowest BCUT2D eigenvalue weighted by molar-refractivity contribution is -0.137. The van der Waals surface area contributed by atoms with E-state index in [9.17, 15) is 18.4 Å². The van der Waals surface area contributed by atoms with E-state index in [1.54, 1.807) is 11.8 Å². The molecule has 2 aliphatic rings. The number of carbonyl (C=O) groups excluding carboxylic acids is 2. The first kappa shape index (κ1) is 18.6. The van der Waals surface area contributed by atoms with Crippen LogP contribution in [0.25, 0.3) is 0 Å². The van der Waals surface area contributed by atoms with E-state index in [0.717, 1.165) is 18.9 Å². The quantitative estimate of drug-likeness (QED) is 0.777. The van der Waals surface area contributed by atoms with E-state index < -0.39 is 11.6 Å². The molecule has 1 aliphatic heterocycles. The maximum absolute atomic E-state index is 13.7. The van der Waals surface area contributed by atoms with Gasteiger partial charge in [0.25, 0.3) is 0 Å². The van der Waals surface area contributed by atoms with Crippen LogP contribution in [0.4, 0.5) is 14.5 Å². The van der Waals surface area contributed by atoms with Crippen molar-refractivity contribution in [2.45, 2.75) is 26.2 Å². The Kier molecular flexibility index (Phi) is 5.44. The van der Waals surface area contributed by atoms with Crippen molar-refractivity contribution in [1.82, 2.24) is 4.90 Å². The van der Waals surface area contributed by atoms with Crippen LogP contribution < -0.4 is 9.64 Å². The smallest absolute Gasteiger partial charge is 0.225 e. The lowest BCUT2D eigenvalue weighted by Crippen LogP contribution is -2.50. The molecular weight excluding hydrogens is 342 g/mol. The lowest BCUT2D eigenvalue weighted by atomic mass is 10.0. The molecule has 0 bridgehead atoms. The SMILES string of the molecule is COc1cc(N2CCN(C(=O)C(C)CC(=O)C3CC3)CC2)cc(F)c1F. The van der Waals surface area contributed by atoms with Crippen LogP contribution in [0.2, 0.25) is 0 Å². The number of methoxy groups -OCH3 is 1. The zero-order chi connectivity index (χ0) is 18.8. The van der Waals surface area contributed by atoms with Crippen molar-refractivity contribution in [3.8, 4) is 5.75 Å². The fourth-order valence-electron chi connectivity index (χ4n) is 3.34. The third kappa shape index (κ3) is 3.97. The first-order chi connectivity index (χ1) is 12.4. The molecule has 1 unspecified atom stereocenters. The highest BCUT2D eigenvalue weighted by Crippen LogP contribution is 2.32. The van der Waals surface area contributed by atoms with Crippen LogP contribution in [0.5, 0.6) is 5.75 Å². The average molecular weight is 366 g/mol. The molecule has 1 heterocycles. The topological polar surface area (TPSA) is 49.9 Å². The predicted octanol–water partition coefficient (Wildman–Crippen LogP) is 2.63. The molecule has 3 rings (SSSR count). The normalized spacial score (nSPS) is 18.6. The van der Waals surface area contributed by atoms with Crippen molar-refractivity contribution in [2.24, 2.45) is 11.8 Å². The Bertz CT molecular complexity index is 698.